The van der Waals surface area contributed by atoms with Gasteiger partial charge in [0.1, 0.15) is 23.3 Å². The highest BCUT2D eigenvalue weighted by Crippen LogP contribution is 2.33. The Balaban J connectivity index is 1.67. The summed E-state index contributed by atoms with van der Waals surface area (Å²) in [5, 5.41) is 9.17. The van der Waals surface area contributed by atoms with Gasteiger partial charge in [0.15, 0.2) is 0 Å². The molecule has 1 aliphatic heterocycles. The molecular weight excluding hydrogens is 536 g/mol. The molecule has 3 amide bonds. The van der Waals surface area contributed by atoms with Crippen molar-refractivity contribution in [1.82, 2.24) is 20.9 Å². The van der Waals surface area contributed by atoms with Crippen LogP contribution in [0.15, 0.2) is 42.5 Å². The molecule has 0 saturated carbocycles. The number of thiol groups is 1. The molecule has 41 heavy (non-hydrogen) atoms. The van der Waals surface area contributed by atoms with Crippen LogP contribution in [-0.2, 0) is 33.8 Å². The fraction of sp³-hybridized carbons (Fsp3) is 0.531. The first-order valence-electron chi connectivity index (χ1n) is 14.5. The largest absolute Gasteiger partial charge is 0.480 e. The minimum absolute atomic E-state index is 0.104. The highest BCUT2D eigenvalue weighted by Gasteiger charge is 2.43. The monoisotopic (exact) mass is 580 g/mol. The quantitative estimate of drug-likeness (QED) is 0.280. The number of fused-ring (bicyclic) bond motifs is 2. The molecular formula is C32H44N4O4S. The number of nitrogens with zero attached hydrogens (tertiary/aromatic N) is 1. The third-order valence-corrected chi connectivity index (χ3v) is 8.22. The zero-order valence-corrected chi connectivity index (χ0v) is 25.9. The topological polar surface area (TPSA) is 99.8 Å². The number of ether oxygens (including phenoxy) is 1. The maximum atomic E-state index is 14.3. The molecule has 0 spiro atoms. The van der Waals surface area contributed by atoms with E-state index in [0.717, 1.165) is 36.0 Å². The molecule has 222 valence electrons. The standard InChI is InChI=1S/C32H44N4O4S/c1-19(33-6)29(37)35-28(32(3,4)5)31(39)36-18-23-16-24(40-20(2)41)15-14-22(23)17-27(36)30(38)34-26-13-9-11-21-10-7-8-12-25(21)26/h7-8,10,12,14-16,19-20,26-28,33,41H,9,11,13,17-18H2,1-6H3,(H,34,38)(H,35,37)/t19-,20?,26+,27-,28+/m0/s1. The average Bonchev–Trinajstić information content (AvgIpc) is 2.93. The fourth-order valence-corrected chi connectivity index (χ4v) is 5.80. The summed E-state index contributed by atoms with van der Waals surface area (Å²) in [5.41, 5.74) is 3.43. The number of carbonyl (C=O) groups is 3. The fourth-order valence-electron chi connectivity index (χ4n) is 5.68. The molecule has 8 nitrogen and oxygen atoms in total. The molecule has 4 rings (SSSR count). The maximum absolute atomic E-state index is 14.3. The number of carbonyl (C=O) groups excluding carboxylic acids is 3. The summed E-state index contributed by atoms with van der Waals surface area (Å²) in [7, 11) is 1.70. The van der Waals surface area contributed by atoms with Crippen molar-refractivity contribution in [2.45, 2.75) is 96.5 Å². The molecule has 2 aliphatic rings. The molecule has 5 atom stereocenters. The zero-order valence-electron chi connectivity index (χ0n) is 25.0. The molecule has 2 aromatic rings. The average molecular weight is 581 g/mol. The number of rotatable bonds is 8. The van der Waals surface area contributed by atoms with Crippen molar-refractivity contribution in [3.63, 3.8) is 0 Å². The lowest BCUT2D eigenvalue weighted by molar-refractivity contribution is -0.147. The molecule has 0 aromatic heterocycles. The van der Waals surface area contributed by atoms with Crippen LogP contribution in [-0.4, -0.2) is 53.2 Å². The summed E-state index contributed by atoms with van der Waals surface area (Å²) in [6.45, 7) is 9.59. The van der Waals surface area contributed by atoms with Crippen LogP contribution in [0.1, 0.15) is 75.8 Å². The second-order valence-corrected chi connectivity index (χ2v) is 13.0. The zero-order chi connectivity index (χ0) is 29.9. The summed E-state index contributed by atoms with van der Waals surface area (Å²) < 4.78 is 5.79. The van der Waals surface area contributed by atoms with Gasteiger partial charge in [0.05, 0.1) is 12.1 Å². The van der Waals surface area contributed by atoms with Gasteiger partial charge in [-0.1, -0.05) is 51.1 Å². The van der Waals surface area contributed by atoms with Gasteiger partial charge in [-0.05, 0) is 80.0 Å². The van der Waals surface area contributed by atoms with Gasteiger partial charge < -0.3 is 25.6 Å². The van der Waals surface area contributed by atoms with E-state index in [9.17, 15) is 14.4 Å². The van der Waals surface area contributed by atoms with Crippen molar-refractivity contribution < 1.29 is 19.1 Å². The molecule has 1 aliphatic carbocycles. The van der Waals surface area contributed by atoms with Crippen molar-refractivity contribution in [1.29, 1.82) is 0 Å². The van der Waals surface area contributed by atoms with Crippen LogP contribution in [0.3, 0.4) is 0 Å². The second-order valence-electron chi connectivity index (χ2n) is 12.3. The van der Waals surface area contributed by atoms with Crippen LogP contribution in [0.5, 0.6) is 5.75 Å². The first kappa shape index (κ1) is 30.9. The predicted molar refractivity (Wildman–Crippen MR) is 164 cm³/mol. The molecule has 1 unspecified atom stereocenters. The van der Waals surface area contributed by atoms with E-state index in [1.165, 1.54) is 5.56 Å². The van der Waals surface area contributed by atoms with Crippen molar-refractivity contribution in [2.24, 2.45) is 5.41 Å². The van der Waals surface area contributed by atoms with Gasteiger partial charge in [-0.3, -0.25) is 14.4 Å². The molecule has 9 heteroatoms. The first-order valence-corrected chi connectivity index (χ1v) is 15.0. The van der Waals surface area contributed by atoms with Crippen LogP contribution in [0, 0.1) is 5.41 Å². The molecule has 0 saturated heterocycles. The van der Waals surface area contributed by atoms with E-state index >= 15 is 0 Å². The number of nitrogens with one attached hydrogen (secondary N) is 3. The minimum atomic E-state index is -0.824. The van der Waals surface area contributed by atoms with Crippen LogP contribution < -0.4 is 20.7 Å². The van der Waals surface area contributed by atoms with Crippen molar-refractivity contribution in [2.75, 3.05) is 7.05 Å². The Kier molecular flexibility index (Phi) is 9.70. The Morgan fingerprint density at radius 1 is 1.05 bits per heavy atom. The highest BCUT2D eigenvalue weighted by molar-refractivity contribution is 7.80. The number of hydrogen-bond donors (Lipinski definition) is 4. The Labute approximate surface area is 249 Å². The summed E-state index contributed by atoms with van der Waals surface area (Å²) in [6.07, 6.45) is 3.21. The van der Waals surface area contributed by atoms with Crippen LogP contribution in [0.2, 0.25) is 0 Å². The molecule has 0 bridgehead atoms. The lowest BCUT2D eigenvalue weighted by Gasteiger charge is -2.42. The van der Waals surface area contributed by atoms with E-state index in [-0.39, 0.29) is 35.7 Å². The number of amides is 3. The molecule has 3 N–H and O–H groups in total. The summed E-state index contributed by atoms with van der Waals surface area (Å²) in [6, 6.07) is 11.9. The smallest absolute Gasteiger partial charge is 0.246 e. The Morgan fingerprint density at radius 3 is 2.46 bits per heavy atom. The first-order chi connectivity index (χ1) is 19.4. The normalized spacial score (nSPS) is 20.6. The van der Waals surface area contributed by atoms with Gasteiger partial charge in [-0.15, -0.1) is 12.6 Å². The van der Waals surface area contributed by atoms with E-state index < -0.39 is 23.5 Å². The number of hydrogen-bond acceptors (Lipinski definition) is 6. The summed E-state index contributed by atoms with van der Waals surface area (Å²) in [4.78, 5) is 42.9. The lowest BCUT2D eigenvalue weighted by Crippen LogP contribution is -2.62. The van der Waals surface area contributed by atoms with Gasteiger partial charge in [0, 0.05) is 13.0 Å². The summed E-state index contributed by atoms with van der Waals surface area (Å²) in [5.74, 6) is -0.0733. The van der Waals surface area contributed by atoms with Crippen molar-refractivity contribution in [3.05, 3.63) is 64.7 Å². The number of likely N-dealkylation sites (N-methyl/N-ethyl adjacent to an activating group) is 1. The third-order valence-electron chi connectivity index (χ3n) is 8.11. The number of benzene rings is 2. The van der Waals surface area contributed by atoms with E-state index in [1.54, 1.807) is 18.9 Å². The van der Waals surface area contributed by atoms with E-state index in [2.05, 4.69) is 40.7 Å². The predicted octanol–water partition coefficient (Wildman–Crippen LogP) is 3.93. The Bertz CT molecular complexity index is 1270. The van der Waals surface area contributed by atoms with E-state index in [1.807, 2.05) is 58.0 Å². The van der Waals surface area contributed by atoms with Gasteiger partial charge in [-0.2, -0.15) is 0 Å². The third kappa shape index (κ3) is 7.25. The highest BCUT2D eigenvalue weighted by atomic mass is 32.1. The van der Waals surface area contributed by atoms with Crippen LogP contribution >= 0.6 is 12.6 Å². The van der Waals surface area contributed by atoms with Crippen molar-refractivity contribution >= 4 is 30.4 Å². The Morgan fingerprint density at radius 2 is 1.78 bits per heavy atom. The van der Waals surface area contributed by atoms with Gasteiger partial charge in [0.25, 0.3) is 0 Å². The van der Waals surface area contributed by atoms with E-state index in [0.29, 0.717) is 12.2 Å². The van der Waals surface area contributed by atoms with Crippen LogP contribution in [0.4, 0.5) is 0 Å². The molecule has 0 fully saturated rings. The SMILES string of the molecule is CN[C@@H](C)C(=O)N[C@H](C(=O)N1Cc2cc(OC(C)S)ccc2C[C@H]1C(=O)N[C@@H]1CCCc2ccccc21)C(C)(C)C. The molecule has 1 heterocycles. The second kappa shape index (κ2) is 12.9. The van der Waals surface area contributed by atoms with E-state index in [4.69, 9.17) is 4.74 Å². The lowest BCUT2D eigenvalue weighted by atomic mass is 9.83. The summed E-state index contributed by atoms with van der Waals surface area (Å²) >= 11 is 4.34. The Hall–Kier alpha value is -3.04. The maximum Gasteiger partial charge on any atom is 0.246 e. The van der Waals surface area contributed by atoms with Gasteiger partial charge in [0.2, 0.25) is 17.7 Å². The van der Waals surface area contributed by atoms with Crippen molar-refractivity contribution in [3.8, 4) is 5.75 Å². The number of aryl methyl sites for hydroxylation is 1. The molecule has 0 radical (unpaired) electrons. The molecule has 2 aromatic carbocycles. The minimum Gasteiger partial charge on any atom is -0.480 e. The van der Waals surface area contributed by atoms with Crippen LogP contribution in [0.25, 0.3) is 0 Å². The van der Waals surface area contributed by atoms with Gasteiger partial charge >= 0.3 is 0 Å². The van der Waals surface area contributed by atoms with Gasteiger partial charge in [-0.25, -0.2) is 0 Å².